The number of likely N-dealkylation sites (N-methyl/N-ethyl adjacent to an activating group) is 1. The highest BCUT2D eigenvalue weighted by molar-refractivity contribution is 5.77. The molecule has 0 unspecified atom stereocenters. The first kappa shape index (κ1) is 12.9. The standard InChI is InChI=1S/C13H16N4O3/c1-16(10-3-2-6-14-8-10)13-15-11-7-9(17(18)19)4-5-12(11)20-13/h4-5,7,10,14H,2-3,6,8H2,1H3/t10-/m1/s1. The third-order valence-electron chi connectivity index (χ3n) is 3.69. The van der Waals surface area contributed by atoms with Crippen LogP contribution in [0.3, 0.4) is 0 Å². The lowest BCUT2D eigenvalue weighted by Crippen LogP contribution is -2.44. The minimum Gasteiger partial charge on any atom is -0.423 e. The highest BCUT2D eigenvalue weighted by Crippen LogP contribution is 2.26. The molecule has 0 radical (unpaired) electrons. The molecule has 2 heterocycles. The van der Waals surface area contributed by atoms with E-state index in [9.17, 15) is 10.1 Å². The first-order chi connectivity index (χ1) is 9.65. The van der Waals surface area contributed by atoms with E-state index < -0.39 is 4.92 Å². The number of nitrogens with one attached hydrogen (secondary N) is 1. The Kier molecular flexibility index (Phi) is 3.27. The molecule has 1 saturated heterocycles. The molecule has 7 heteroatoms. The number of anilines is 1. The Morgan fingerprint density at radius 2 is 2.40 bits per heavy atom. The summed E-state index contributed by atoms with van der Waals surface area (Å²) in [6.07, 6.45) is 2.21. The van der Waals surface area contributed by atoms with Crippen LogP contribution in [0.4, 0.5) is 11.7 Å². The molecule has 0 bridgehead atoms. The number of nitro benzene ring substituents is 1. The van der Waals surface area contributed by atoms with Crippen molar-refractivity contribution in [3.63, 3.8) is 0 Å². The third-order valence-corrected chi connectivity index (χ3v) is 3.69. The molecule has 7 nitrogen and oxygen atoms in total. The zero-order chi connectivity index (χ0) is 14.1. The van der Waals surface area contributed by atoms with Crippen molar-refractivity contribution in [1.82, 2.24) is 10.3 Å². The van der Waals surface area contributed by atoms with Gasteiger partial charge in [-0.15, -0.1) is 0 Å². The van der Waals surface area contributed by atoms with Gasteiger partial charge in [0.1, 0.15) is 5.52 Å². The second-order valence-electron chi connectivity index (χ2n) is 5.02. The molecule has 106 valence electrons. The summed E-state index contributed by atoms with van der Waals surface area (Å²) in [6, 6.07) is 5.31. The highest BCUT2D eigenvalue weighted by Gasteiger charge is 2.22. The van der Waals surface area contributed by atoms with Crippen LogP contribution in [0.5, 0.6) is 0 Å². The number of piperidine rings is 1. The monoisotopic (exact) mass is 276 g/mol. The molecule has 3 rings (SSSR count). The van der Waals surface area contributed by atoms with Crippen LogP contribution in [0.1, 0.15) is 12.8 Å². The molecule has 1 fully saturated rings. The molecule has 0 saturated carbocycles. The van der Waals surface area contributed by atoms with Gasteiger partial charge in [0.15, 0.2) is 5.58 Å². The second-order valence-corrected chi connectivity index (χ2v) is 5.02. The van der Waals surface area contributed by atoms with Crippen LogP contribution in [0.25, 0.3) is 11.1 Å². The van der Waals surface area contributed by atoms with Gasteiger partial charge < -0.3 is 14.6 Å². The Balaban J connectivity index is 1.89. The van der Waals surface area contributed by atoms with Gasteiger partial charge >= 0.3 is 0 Å². The highest BCUT2D eigenvalue weighted by atomic mass is 16.6. The Morgan fingerprint density at radius 1 is 1.55 bits per heavy atom. The number of oxazole rings is 1. The molecule has 1 aromatic carbocycles. The molecule has 1 aliphatic heterocycles. The topological polar surface area (TPSA) is 84.4 Å². The van der Waals surface area contributed by atoms with Crippen molar-refractivity contribution in [1.29, 1.82) is 0 Å². The Labute approximate surface area is 115 Å². The van der Waals surface area contributed by atoms with Crippen molar-refractivity contribution in [3.8, 4) is 0 Å². The van der Waals surface area contributed by atoms with Crippen LogP contribution in [-0.2, 0) is 0 Å². The van der Waals surface area contributed by atoms with E-state index in [4.69, 9.17) is 4.42 Å². The van der Waals surface area contributed by atoms with Crippen molar-refractivity contribution in [2.24, 2.45) is 0 Å². The lowest BCUT2D eigenvalue weighted by molar-refractivity contribution is -0.384. The van der Waals surface area contributed by atoms with E-state index in [-0.39, 0.29) is 5.69 Å². The van der Waals surface area contributed by atoms with Gasteiger partial charge in [0, 0.05) is 31.8 Å². The molecule has 0 aliphatic carbocycles. The lowest BCUT2D eigenvalue weighted by Gasteiger charge is -2.30. The summed E-state index contributed by atoms with van der Waals surface area (Å²) in [5, 5.41) is 14.1. The number of non-ortho nitro benzene ring substituents is 1. The molecule has 1 N–H and O–H groups in total. The molecule has 2 aromatic rings. The van der Waals surface area contributed by atoms with Gasteiger partial charge in [-0.3, -0.25) is 10.1 Å². The summed E-state index contributed by atoms with van der Waals surface area (Å²) >= 11 is 0. The average molecular weight is 276 g/mol. The minimum absolute atomic E-state index is 0.0272. The quantitative estimate of drug-likeness (QED) is 0.681. The summed E-state index contributed by atoms with van der Waals surface area (Å²) in [5.74, 6) is 0. The van der Waals surface area contributed by atoms with Crippen molar-refractivity contribution in [2.75, 3.05) is 25.0 Å². The van der Waals surface area contributed by atoms with Crippen LogP contribution < -0.4 is 10.2 Å². The average Bonchev–Trinajstić information content (AvgIpc) is 2.90. The first-order valence-electron chi connectivity index (χ1n) is 6.63. The van der Waals surface area contributed by atoms with Gasteiger partial charge in [0.25, 0.3) is 11.7 Å². The van der Waals surface area contributed by atoms with E-state index in [0.29, 0.717) is 23.2 Å². The summed E-state index contributed by atoms with van der Waals surface area (Å²) in [4.78, 5) is 16.7. The largest absolute Gasteiger partial charge is 0.423 e. The maximum absolute atomic E-state index is 10.8. The fraction of sp³-hybridized carbons (Fsp3) is 0.462. The maximum Gasteiger partial charge on any atom is 0.298 e. The number of rotatable bonds is 3. The molecule has 0 amide bonds. The maximum atomic E-state index is 10.8. The van der Waals surface area contributed by atoms with Crippen molar-refractivity contribution >= 4 is 22.8 Å². The molecule has 1 aliphatic rings. The van der Waals surface area contributed by atoms with Gasteiger partial charge in [-0.1, -0.05) is 0 Å². The number of nitro groups is 1. The number of benzene rings is 1. The number of hydrogen-bond donors (Lipinski definition) is 1. The zero-order valence-electron chi connectivity index (χ0n) is 11.2. The lowest BCUT2D eigenvalue weighted by atomic mass is 10.1. The number of nitrogens with zero attached hydrogens (tertiary/aromatic N) is 3. The van der Waals surface area contributed by atoms with Crippen LogP contribution in [-0.4, -0.2) is 36.1 Å². The number of hydrogen-bond acceptors (Lipinski definition) is 6. The van der Waals surface area contributed by atoms with Crippen LogP contribution in [0.15, 0.2) is 22.6 Å². The second kappa shape index (κ2) is 5.09. The molecular formula is C13H16N4O3. The van der Waals surface area contributed by atoms with Crippen molar-refractivity contribution < 1.29 is 9.34 Å². The van der Waals surface area contributed by atoms with E-state index >= 15 is 0 Å². The van der Waals surface area contributed by atoms with Crippen LogP contribution in [0.2, 0.25) is 0 Å². The van der Waals surface area contributed by atoms with E-state index in [2.05, 4.69) is 10.3 Å². The van der Waals surface area contributed by atoms with E-state index in [1.807, 2.05) is 11.9 Å². The molecular weight excluding hydrogens is 260 g/mol. The predicted octanol–water partition coefficient (Wildman–Crippen LogP) is 1.92. The van der Waals surface area contributed by atoms with Crippen molar-refractivity contribution in [2.45, 2.75) is 18.9 Å². The number of fused-ring (bicyclic) bond motifs is 1. The van der Waals surface area contributed by atoms with Gasteiger partial charge in [-0.2, -0.15) is 4.98 Å². The molecule has 1 aromatic heterocycles. The van der Waals surface area contributed by atoms with Crippen molar-refractivity contribution in [3.05, 3.63) is 28.3 Å². The van der Waals surface area contributed by atoms with E-state index in [1.165, 1.54) is 12.1 Å². The Bertz CT molecular complexity index is 634. The molecule has 1 atom stereocenters. The summed E-state index contributed by atoms with van der Waals surface area (Å²) in [6.45, 7) is 1.94. The first-order valence-corrected chi connectivity index (χ1v) is 6.63. The predicted molar refractivity (Wildman–Crippen MR) is 75.0 cm³/mol. The summed E-state index contributed by atoms with van der Waals surface area (Å²) in [5.41, 5.74) is 1.12. The third kappa shape index (κ3) is 2.32. The fourth-order valence-corrected chi connectivity index (χ4v) is 2.49. The summed E-state index contributed by atoms with van der Waals surface area (Å²) < 4.78 is 5.68. The number of aromatic nitrogens is 1. The van der Waals surface area contributed by atoms with Gasteiger partial charge in [-0.05, 0) is 25.5 Å². The Morgan fingerprint density at radius 3 is 3.10 bits per heavy atom. The Hall–Kier alpha value is -2.15. The molecule has 0 spiro atoms. The summed E-state index contributed by atoms with van der Waals surface area (Å²) in [7, 11) is 1.94. The van der Waals surface area contributed by atoms with Crippen LogP contribution in [0, 0.1) is 10.1 Å². The minimum atomic E-state index is -0.428. The fourth-order valence-electron chi connectivity index (χ4n) is 2.49. The van der Waals surface area contributed by atoms with Gasteiger partial charge in [-0.25, -0.2) is 0 Å². The normalized spacial score (nSPS) is 19.1. The van der Waals surface area contributed by atoms with E-state index in [1.54, 1.807) is 6.07 Å². The zero-order valence-corrected chi connectivity index (χ0v) is 11.2. The molecule has 20 heavy (non-hydrogen) atoms. The van der Waals surface area contributed by atoms with Crippen LogP contribution >= 0.6 is 0 Å². The van der Waals surface area contributed by atoms with Gasteiger partial charge in [0.05, 0.1) is 4.92 Å². The SMILES string of the molecule is CN(c1nc2cc([N+](=O)[O-])ccc2o1)[C@@H]1CCCNC1. The smallest absolute Gasteiger partial charge is 0.298 e. The van der Waals surface area contributed by atoms with Gasteiger partial charge in [0.2, 0.25) is 0 Å². The van der Waals surface area contributed by atoms with E-state index in [0.717, 1.165) is 25.9 Å².